The van der Waals surface area contributed by atoms with E-state index in [1.165, 1.54) is 12.1 Å². The first-order chi connectivity index (χ1) is 8.58. The number of halogens is 3. The van der Waals surface area contributed by atoms with E-state index >= 15 is 0 Å². The van der Waals surface area contributed by atoms with Gasteiger partial charge in [-0.15, -0.1) is 12.4 Å². The van der Waals surface area contributed by atoms with E-state index in [0.29, 0.717) is 24.1 Å². The van der Waals surface area contributed by atoms with Crippen molar-refractivity contribution in [1.82, 2.24) is 10.6 Å². The van der Waals surface area contributed by atoms with E-state index in [4.69, 9.17) is 0 Å². The van der Waals surface area contributed by atoms with Gasteiger partial charge in [0.05, 0.1) is 10.6 Å². The fraction of sp³-hybridized carbons (Fsp3) is 0.417. The Bertz CT molecular complexity index is 461. The van der Waals surface area contributed by atoms with Crippen LogP contribution in [0.5, 0.6) is 0 Å². The number of benzene rings is 1. The number of aliphatic hydroxyl groups is 1. The normalized spacial score (nSPS) is 21.8. The van der Waals surface area contributed by atoms with Crippen molar-refractivity contribution in [3.63, 3.8) is 0 Å². The molecule has 0 saturated carbocycles. The highest BCUT2D eigenvalue weighted by Gasteiger charge is 2.25. The highest BCUT2D eigenvalue weighted by molar-refractivity contribution is 9.10. The molecule has 1 aliphatic heterocycles. The molecular weight excluding hydrogens is 338 g/mol. The lowest BCUT2D eigenvalue weighted by Gasteiger charge is -2.14. The van der Waals surface area contributed by atoms with Gasteiger partial charge in [0.15, 0.2) is 0 Å². The van der Waals surface area contributed by atoms with Crippen LogP contribution < -0.4 is 10.6 Å². The number of carbonyl (C=O) groups excluding carboxylic acids is 1. The minimum absolute atomic E-state index is 0. The SMILES string of the molecule is Cl.O=C(NCC1CNCC1O)c1ccc(Br)c(F)c1. The number of nitrogens with one attached hydrogen (secondary N) is 2. The Morgan fingerprint density at radius 1 is 1.53 bits per heavy atom. The average molecular weight is 354 g/mol. The molecular formula is C12H15BrClFN2O2. The molecule has 1 saturated heterocycles. The predicted octanol–water partition coefficient (Wildman–Crippen LogP) is 1.32. The van der Waals surface area contributed by atoms with Crippen molar-refractivity contribution in [2.24, 2.45) is 5.92 Å². The van der Waals surface area contributed by atoms with Crippen molar-refractivity contribution in [2.75, 3.05) is 19.6 Å². The highest BCUT2D eigenvalue weighted by Crippen LogP contribution is 2.16. The van der Waals surface area contributed by atoms with Crippen molar-refractivity contribution < 1.29 is 14.3 Å². The smallest absolute Gasteiger partial charge is 0.251 e. The molecule has 1 fully saturated rings. The molecule has 2 unspecified atom stereocenters. The minimum atomic E-state index is -0.467. The Morgan fingerprint density at radius 3 is 2.84 bits per heavy atom. The first kappa shape index (κ1) is 16.4. The molecule has 0 aromatic heterocycles. The Hall–Kier alpha value is -0.690. The van der Waals surface area contributed by atoms with Crippen LogP contribution in [-0.4, -0.2) is 36.8 Å². The minimum Gasteiger partial charge on any atom is -0.391 e. The topological polar surface area (TPSA) is 61.4 Å². The summed E-state index contributed by atoms with van der Waals surface area (Å²) in [5.41, 5.74) is 0.274. The molecule has 2 rings (SSSR count). The highest BCUT2D eigenvalue weighted by atomic mass is 79.9. The van der Waals surface area contributed by atoms with E-state index in [1.807, 2.05) is 0 Å². The summed E-state index contributed by atoms with van der Waals surface area (Å²) in [5, 5.41) is 15.3. The van der Waals surface area contributed by atoms with E-state index < -0.39 is 11.9 Å². The van der Waals surface area contributed by atoms with Crippen molar-refractivity contribution in [3.8, 4) is 0 Å². The molecule has 1 aromatic carbocycles. The number of carbonyl (C=O) groups is 1. The second kappa shape index (κ2) is 7.19. The van der Waals surface area contributed by atoms with Crippen molar-refractivity contribution in [1.29, 1.82) is 0 Å². The number of rotatable bonds is 3. The zero-order valence-electron chi connectivity index (χ0n) is 10.0. The van der Waals surface area contributed by atoms with Crippen LogP contribution in [0.1, 0.15) is 10.4 Å². The van der Waals surface area contributed by atoms with E-state index in [-0.39, 0.29) is 29.8 Å². The number of aliphatic hydroxyl groups excluding tert-OH is 1. The van der Waals surface area contributed by atoms with Gasteiger partial charge in [0.25, 0.3) is 5.91 Å². The van der Waals surface area contributed by atoms with E-state index in [1.54, 1.807) is 6.07 Å². The van der Waals surface area contributed by atoms with Crippen LogP contribution in [0, 0.1) is 11.7 Å². The van der Waals surface area contributed by atoms with Crippen molar-refractivity contribution in [2.45, 2.75) is 6.10 Å². The molecule has 1 heterocycles. The standard InChI is InChI=1S/C12H14BrFN2O2.ClH/c13-9-2-1-7(3-10(9)14)12(18)16-5-8-4-15-6-11(8)17;/h1-3,8,11,15,17H,4-6H2,(H,16,18);1H. The van der Waals surface area contributed by atoms with Crippen LogP contribution >= 0.6 is 28.3 Å². The Labute approximate surface area is 125 Å². The lowest BCUT2D eigenvalue weighted by molar-refractivity contribution is 0.0926. The Morgan fingerprint density at radius 2 is 2.26 bits per heavy atom. The second-order valence-electron chi connectivity index (χ2n) is 4.32. The number of hydrogen-bond acceptors (Lipinski definition) is 3. The zero-order chi connectivity index (χ0) is 13.1. The maximum absolute atomic E-state index is 13.3. The van der Waals surface area contributed by atoms with Gasteiger partial charge in [0, 0.05) is 31.1 Å². The van der Waals surface area contributed by atoms with Crippen LogP contribution in [0.15, 0.2) is 22.7 Å². The molecule has 0 radical (unpaired) electrons. The molecule has 106 valence electrons. The summed E-state index contributed by atoms with van der Waals surface area (Å²) in [6.07, 6.45) is -0.438. The lowest BCUT2D eigenvalue weighted by atomic mass is 10.1. The molecule has 1 aromatic rings. The van der Waals surface area contributed by atoms with Crippen LogP contribution in [0.4, 0.5) is 4.39 Å². The van der Waals surface area contributed by atoms with Gasteiger partial charge in [0.1, 0.15) is 5.82 Å². The van der Waals surface area contributed by atoms with Crippen LogP contribution in [-0.2, 0) is 0 Å². The second-order valence-corrected chi connectivity index (χ2v) is 5.18. The number of hydrogen-bond donors (Lipinski definition) is 3. The molecule has 1 aliphatic rings. The first-order valence-corrected chi connectivity index (χ1v) is 6.49. The van der Waals surface area contributed by atoms with Gasteiger partial charge < -0.3 is 15.7 Å². The summed E-state index contributed by atoms with van der Waals surface area (Å²) in [7, 11) is 0. The van der Waals surface area contributed by atoms with E-state index in [0.717, 1.165) is 0 Å². The predicted molar refractivity (Wildman–Crippen MR) is 76.0 cm³/mol. The third-order valence-corrected chi connectivity index (χ3v) is 3.65. The van der Waals surface area contributed by atoms with Gasteiger partial charge in [-0.2, -0.15) is 0 Å². The summed E-state index contributed by atoms with van der Waals surface area (Å²) >= 11 is 3.03. The first-order valence-electron chi connectivity index (χ1n) is 5.70. The zero-order valence-corrected chi connectivity index (χ0v) is 12.4. The maximum atomic E-state index is 13.3. The summed E-state index contributed by atoms with van der Waals surface area (Å²) in [4.78, 5) is 11.8. The van der Waals surface area contributed by atoms with Gasteiger partial charge in [0.2, 0.25) is 0 Å². The fourth-order valence-electron chi connectivity index (χ4n) is 1.89. The molecule has 7 heteroatoms. The molecule has 0 bridgehead atoms. The van der Waals surface area contributed by atoms with Crippen molar-refractivity contribution in [3.05, 3.63) is 34.1 Å². The van der Waals surface area contributed by atoms with Crippen LogP contribution in [0.2, 0.25) is 0 Å². The average Bonchev–Trinajstić information content (AvgIpc) is 2.75. The van der Waals surface area contributed by atoms with Gasteiger partial charge in [-0.25, -0.2) is 4.39 Å². The van der Waals surface area contributed by atoms with Crippen LogP contribution in [0.3, 0.4) is 0 Å². The third kappa shape index (κ3) is 4.14. The lowest BCUT2D eigenvalue weighted by Crippen LogP contribution is -2.34. The van der Waals surface area contributed by atoms with E-state index in [9.17, 15) is 14.3 Å². The molecule has 3 N–H and O–H groups in total. The molecule has 19 heavy (non-hydrogen) atoms. The third-order valence-electron chi connectivity index (χ3n) is 3.01. The van der Waals surface area contributed by atoms with Crippen LogP contribution in [0.25, 0.3) is 0 Å². The molecule has 4 nitrogen and oxygen atoms in total. The fourth-order valence-corrected chi connectivity index (χ4v) is 2.14. The van der Waals surface area contributed by atoms with Gasteiger partial charge >= 0.3 is 0 Å². The summed E-state index contributed by atoms with van der Waals surface area (Å²) in [5.74, 6) is -0.792. The maximum Gasteiger partial charge on any atom is 0.251 e. The van der Waals surface area contributed by atoms with Crippen molar-refractivity contribution >= 4 is 34.2 Å². The molecule has 0 spiro atoms. The molecule has 2 atom stereocenters. The Kier molecular flexibility index (Phi) is 6.19. The number of β-amino-alcohol motifs (C(OH)–C–C–N with tert-alkyl or cyclic N) is 1. The summed E-state index contributed by atoms with van der Waals surface area (Å²) in [6.45, 7) is 1.61. The van der Waals surface area contributed by atoms with E-state index in [2.05, 4.69) is 26.6 Å². The Balaban J connectivity index is 0.00000180. The molecule has 1 amide bonds. The largest absolute Gasteiger partial charge is 0.391 e. The van der Waals surface area contributed by atoms with Gasteiger partial charge in [-0.3, -0.25) is 4.79 Å². The monoisotopic (exact) mass is 352 g/mol. The van der Waals surface area contributed by atoms with Gasteiger partial charge in [-0.1, -0.05) is 0 Å². The van der Waals surface area contributed by atoms with Gasteiger partial charge in [-0.05, 0) is 34.1 Å². The molecule has 0 aliphatic carbocycles. The summed E-state index contributed by atoms with van der Waals surface area (Å²) < 4.78 is 13.6. The quantitative estimate of drug-likeness (QED) is 0.768. The number of amides is 1. The summed E-state index contributed by atoms with van der Waals surface area (Å²) in [6, 6.07) is 4.23.